The van der Waals surface area contributed by atoms with Crippen molar-refractivity contribution in [1.29, 1.82) is 0 Å². The summed E-state index contributed by atoms with van der Waals surface area (Å²) < 4.78 is 14.8. The summed E-state index contributed by atoms with van der Waals surface area (Å²) in [6.45, 7) is 0.516. The van der Waals surface area contributed by atoms with Gasteiger partial charge in [0.05, 0.1) is 6.54 Å². The Morgan fingerprint density at radius 2 is 1.88 bits per heavy atom. The van der Waals surface area contributed by atoms with Crippen LogP contribution in [-0.4, -0.2) is 14.8 Å². The van der Waals surface area contributed by atoms with Gasteiger partial charge >= 0.3 is 0 Å². The summed E-state index contributed by atoms with van der Waals surface area (Å²) in [4.78, 5) is 0. The number of benzene rings is 2. The van der Waals surface area contributed by atoms with E-state index in [2.05, 4.69) is 15.5 Å². The van der Waals surface area contributed by atoms with Gasteiger partial charge in [0, 0.05) is 23.5 Å². The highest BCUT2D eigenvalue weighted by atomic mass is 35.5. The summed E-state index contributed by atoms with van der Waals surface area (Å²) in [5.41, 5.74) is 1.91. The van der Waals surface area contributed by atoms with Crippen molar-refractivity contribution in [2.24, 2.45) is 7.05 Å². The van der Waals surface area contributed by atoms with E-state index in [1.165, 1.54) is 12.1 Å². The van der Waals surface area contributed by atoms with E-state index in [0.717, 1.165) is 33.0 Å². The minimum atomic E-state index is -0.252. The highest BCUT2D eigenvalue weighted by Crippen LogP contribution is 2.25. The van der Waals surface area contributed by atoms with Crippen molar-refractivity contribution in [3.63, 3.8) is 0 Å². The van der Waals surface area contributed by atoms with E-state index in [1.54, 1.807) is 23.9 Å². The molecule has 0 radical (unpaired) electrons. The van der Waals surface area contributed by atoms with E-state index in [1.807, 2.05) is 35.9 Å². The zero-order valence-corrected chi connectivity index (χ0v) is 14.6. The first-order valence-electron chi connectivity index (χ1n) is 7.37. The molecule has 0 saturated carbocycles. The van der Waals surface area contributed by atoms with Gasteiger partial charge in [0.1, 0.15) is 5.82 Å². The third-order valence-electron chi connectivity index (χ3n) is 3.53. The molecular formula is C17H16ClFN4S. The van der Waals surface area contributed by atoms with Gasteiger partial charge in [0.25, 0.3) is 0 Å². The molecule has 0 amide bonds. The van der Waals surface area contributed by atoms with E-state index in [9.17, 15) is 4.39 Å². The van der Waals surface area contributed by atoms with E-state index >= 15 is 0 Å². The maximum atomic E-state index is 12.9. The third-order valence-corrected chi connectivity index (χ3v) is 4.97. The number of halogens is 2. The molecule has 0 atom stereocenters. The Hall–Kier alpha value is -2.05. The molecule has 4 nitrogen and oxygen atoms in total. The number of rotatable bonds is 6. The Morgan fingerprint density at radius 3 is 2.62 bits per heavy atom. The Balaban J connectivity index is 1.61. The fourth-order valence-corrected chi connectivity index (χ4v) is 3.35. The summed E-state index contributed by atoms with van der Waals surface area (Å²) in [5, 5.41) is 13.2. The first kappa shape index (κ1) is 16.8. The molecule has 3 aromatic rings. The molecule has 24 heavy (non-hydrogen) atoms. The van der Waals surface area contributed by atoms with Gasteiger partial charge in [0.15, 0.2) is 11.0 Å². The van der Waals surface area contributed by atoms with E-state index in [-0.39, 0.29) is 5.82 Å². The molecule has 1 N–H and O–H groups in total. The van der Waals surface area contributed by atoms with Crippen molar-refractivity contribution in [2.45, 2.75) is 17.5 Å². The maximum absolute atomic E-state index is 12.9. The molecular weight excluding hydrogens is 347 g/mol. The van der Waals surface area contributed by atoms with Crippen molar-refractivity contribution in [3.8, 4) is 0 Å². The number of hydrogen-bond donors (Lipinski definition) is 1. The monoisotopic (exact) mass is 362 g/mol. The summed E-state index contributed by atoms with van der Waals surface area (Å²) >= 11 is 7.76. The van der Waals surface area contributed by atoms with Gasteiger partial charge in [0.2, 0.25) is 0 Å². The van der Waals surface area contributed by atoms with Crippen molar-refractivity contribution in [2.75, 3.05) is 5.32 Å². The Labute approximate surface area is 149 Å². The molecule has 3 rings (SSSR count). The number of hydrogen-bond acceptors (Lipinski definition) is 4. The van der Waals surface area contributed by atoms with E-state index in [0.29, 0.717) is 6.54 Å². The van der Waals surface area contributed by atoms with Crippen molar-refractivity contribution >= 4 is 29.1 Å². The molecule has 0 bridgehead atoms. The zero-order valence-electron chi connectivity index (χ0n) is 13.0. The van der Waals surface area contributed by atoms with E-state index < -0.39 is 0 Å². The fourth-order valence-electron chi connectivity index (χ4n) is 2.13. The minimum Gasteiger partial charge on any atom is -0.378 e. The van der Waals surface area contributed by atoms with Crippen LogP contribution in [0.1, 0.15) is 11.4 Å². The summed E-state index contributed by atoms with van der Waals surface area (Å²) in [7, 11) is 1.93. The number of thioether (sulfide) groups is 1. The maximum Gasteiger partial charge on any atom is 0.191 e. The summed E-state index contributed by atoms with van der Waals surface area (Å²) in [6, 6.07) is 14.0. The summed E-state index contributed by atoms with van der Waals surface area (Å²) in [6.07, 6.45) is 0. The molecule has 124 valence electrons. The van der Waals surface area contributed by atoms with E-state index in [4.69, 9.17) is 11.6 Å². The van der Waals surface area contributed by atoms with Gasteiger partial charge in [-0.2, -0.15) is 0 Å². The second kappa shape index (κ2) is 7.68. The lowest BCUT2D eigenvalue weighted by Gasteiger charge is -2.07. The van der Waals surface area contributed by atoms with Crippen LogP contribution in [0.3, 0.4) is 0 Å². The Morgan fingerprint density at radius 1 is 1.12 bits per heavy atom. The molecule has 1 aromatic heterocycles. The lowest BCUT2D eigenvalue weighted by molar-refractivity contribution is 0.628. The number of nitrogens with one attached hydrogen (secondary N) is 1. The van der Waals surface area contributed by atoms with Crippen LogP contribution in [0.2, 0.25) is 5.02 Å². The highest BCUT2D eigenvalue weighted by molar-refractivity contribution is 7.98. The average Bonchev–Trinajstić information content (AvgIpc) is 2.94. The summed E-state index contributed by atoms with van der Waals surface area (Å²) in [5.74, 6) is 1.29. The molecule has 2 aromatic carbocycles. The van der Waals surface area contributed by atoms with Crippen LogP contribution in [0.25, 0.3) is 0 Å². The first-order chi connectivity index (χ1) is 11.6. The molecule has 0 unspecified atom stereocenters. The molecule has 0 aliphatic carbocycles. The van der Waals surface area contributed by atoms with Crippen molar-refractivity contribution in [3.05, 3.63) is 70.8 Å². The molecule has 0 saturated heterocycles. The van der Waals surface area contributed by atoms with Crippen LogP contribution in [0.4, 0.5) is 10.1 Å². The molecule has 7 heteroatoms. The van der Waals surface area contributed by atoms with Gasteiger partial charge in [-0.15, -0.1) is 10.2 Å². The predicted octanol–water partition coefficient (Wildman–Crippen LogP) is 4.51. The molecule has 0 spiro atoms. The average molecular weight is 363 g/mol. The molecule has 1 heterocycles. The smallest absolute Gasteiger partial charge is 0.191 e. The quantitative estimate of drug-likeness (QED) is 0.655. The Kier molecular flexibility index (Phi) is 5.37. The van der Waals surface area contributed by atoms with Crippen molar-refractivity contribution in [1.82, 2.24) is 14.8 Å². The molecule has 0 fully saturated rings. The highest BCUT2D eigenvalue weighted by Gasteiger charge is 2.10. The number of nitrogens with zero attached hydrogens (tertiary/aromatic N) is 3. The fraction of sp³-hybridized carbons (Fsp3) is 0.176. The van der Waals surface area contributed by atoms with Gasteiger partial charge in [-0.05, 0) is 35.9 Å². The number of aromatic nitrogens is 3. The minimum absolute atomic E-state index is 0.252. The van der Waals surface area contributed by atoms with Gasteiger partial charge < -0.3 is 9.88 Å². The first-order valence-corrected chi connectivity index (χ1v) is 8.74. The third kappa shape index (κ3) is 4.07. The van der Waals surface area contributed by atoms with Crippen LogP contribution in [0.5, 0.6) is 0 Å². The second-order valence-corrected chi connectivity index (χ2v) is 6.55. The van der Waals surface area contributed by atoms with Crippen LogP contribution < -0.4 is 5.32 Å². The van der Waals surface area contributed by atoms with Crippen LogP contribution in [-0.2, 0) is 19.3 Å². The normalized spacial score (nSPS) is 10.8. The Bertz CT molecular complexity index is 820. The molecule has 0 aliphatic heterocycles. The van der Waals surface area contributed by atoms with Crippen LogP contribution >= 0.6 is 23.4 Å². The lowest BCUT2D eigenvalue weighted by atomic mass is 10.2. The van der Waals surface area contributed by atoms with Crippen molar-refractivity contribution < 1.29 is 4.39 Å². The van der Waals surface area contributed by atoms with Gasteiger partial charge in [-0.25, -0.2) is 4.39 Å². The zero-order chi connectivity index (χ0) is 16.9. The second-order valence-electron chi connectivity index (χ2n) is 5.20. The largest absolute Gasteiger partial charge is 0.378 e. The van der Waals surface area contributed by atoms with Crippen LogP contribution in [0.15, 0.2) is 53.7 Å². The molecule has 0 aliphatic rings. The standard InChI is InChI=1S/C17H16ClFN4S/c1-23-16(10-20-14-8-6-13(19)7-9-14)21-22-17(23)24-11-12-4-2-3-5-15(12)18/h2-9,20H,10-11H2,1H3. The van der Waals surface area contributed by atoms with Gasteiger partial charge in [-0.3, -0.25) is 0 Å². The number of anilines is 1. The predicted molar refractivity (Wildman–Crippen MR) is 95.7 cm³/mol. The lowest BCUT2D eigenvalue weighted by Crippen LogP contribution is -2.06. The van der Waals surface area contributed by atoms with Crippen LogP contribution in [0, 0.1) is 5.82 Å². The van der Waals surface area contributed by atoms with Gasteiger partial charge in [-0.1, -0.05) is 41.6 Å². The topological polar surface area (TPSA) is 42.7 Å². The SMILES string of the molecule is Cn1c(CNc2ccc(F)cc2)nnc1SCc1ccccc1Cl.